The first-order valence-corrected chi connectivity index (χ1v) is 13.9. The summed E-state index contributed by atoms with van der Waals surface area (Å²) in [5, 5.41) is 1.05. The number of fused-ring (bicyclic) bond motifs is 1. The monoisotopic (exact) mass is 469 g/mol. The van der Waals surface area contributed by atoms with Gasteiger partial charge < -0.3 is 9.47 Å². The molecule has 1 aliphatic rings. The Morgan fingerprint density at radius 1 is 1.03 bits per heavy atom. The lowest BCUT2D eigenvalue weighted by molar-refractivity contribution is 0.289. The van der Waals surface area contributed by atoms with E-state index >= 15 is 0 Å². The average Bonchev–Trinajstić information content (AvgIpc) is 3.05. The van der Waals surface area contributed by atoms with Gasteiger partial charge in [-0.2, -0.15) is 0 Å². The third-order valence-electron chi connectivity index (χ3n) is 6.18. The maximum absolute atomic E-state index is 12.2. The molecule has 3 aromatic rings. The van der Waals surface area contributed by atoms with Crippen LogP contribution in [0.4, 0.5) is 0 Å². The van der Waals surface area contributed by atoms with E-state index in [9.17, 15) is 8.42 Å². The normalized spacial score (nSPS) is 14.8. The lowest BCUT2D eigenvalue weighted by Crippen LogP contribution is -2.27. The second kappa shape index (κ2) is 10.2. The number of thioether (sulfide) groups is 1. The van der Waals surface area contributed by atoms with Gasteiger partial charge in [0.25, 0.3) is 0 Å². The zero-order chi connectivity index (χ0) is 22.6. The summed E-state index contributed by atoms with van der Waals surface area (Å²) < 4.78 is 26.6. The summed E-state index contributed by atoms with van der Waals surface area (Å²) in [6.45, 7) is 4.76. The van der Waals surface area contributed by atoms with E-state index in [1.807, 2.05) is 36.2 Å². The molecule has 1 aliphatic heterocycles. The Bertz CT molecular complexity index is 1160. The zero-order valence-corrected chi connectivity index (χ0v) is 20.5. The van der Waals surface area contributed by atoms with Crippen LogP contribution in [0.3, 0.4) is 0 Å². The van der Waals surface area contributed by atoms with E-state index in [0.29, 0.717) is 4.90 Å². The predicted octanol–water partition coefficient (Wildman–Crippen LogP) is 4.46. The Balaban J connectivity index is 1.28. The van der Waals surface area contributed by atoms with E-state index in [4.69, 9.17) is 0 Å². The SMILES string of the molecule is CCS(=O)(=O)c1ccc2c(c1)CCN(CCCSc1ncc(-c3ccccc3)n1C)CC2. The summed E-state index contributed by atoms with van der Waals surface area (Å²) in [6.07, 6.45) is 4.95. The smallest absolute Gasteiger partial charge is 0.178 e. The van der Waals surface area contributed by atoms with Crippen LogP contribution in [0.2, 0.25) is 0 Å². The fraction of sp³-hybridized carbons (Fsp3) is 0.400. The van der Waals surface area contributed by atoms with Crippen LogP contribution < -0.4 is 0 Å². The summed E-state index contributed by atoms with van der Waals surface area (Å²) in [7, 11) is -1.06. The number of benzene rings is 2. The summed E-state index contributed by atoms with van der Waals surface area (Å²) in [4.78, 5) is 7.59. The molecule has 0 fully saturated rings. The maximum Gasteiger partial charge on any atom is 0.178 e. The first-order valence-electron chi connectivity index (χ1n) is 11.2. The Morgan fingerprint density at radius 3 is 2.53 bits per heavy atom. The van der Waals surface area contributed by atoms with Gasteiger partial charge in [0.2, 0.25) is 0 Å². The largest absolute Gasteiger partial charge is 0.322 e. The molecule has 5 nitrogen and oxygen atoms in total. The van der Waals surface area contributed by atoms with Crippen LogP contribution in [0, 0.1) is 0 Å². The van der Waals surface area contributed by atoms with E-state index in [1.165, 1.54) is 16.7 Å². The summed E-state index contributed by atoms with van der Waals surface area (Å²) in [6, 6.07) is 16.1. The molecular weight excluding hydrogens is 438 g/mol. The predicted molar refractivity (Wildman–Crippen MR) is 132 cm³/mol. The minimum atomic E-state index is -3.14. The summed E-state index contributed by atoms with van der Waals surface area (Å²) in [5.41, 5.74) is 4.81. The van der Waals surface area contributed by atoms with E-state index in [-0.39, 0.29) is 5.75 Å². The summed E-state index contributed by atoms with van der Waals surface area (Å²) >= 11 is 1.81. The Kier molecular flexibility index (Phi) is 7.38. The van der Waals surface area contributed by atoms with Crippen molar-refractivity contribution < 1.29 is 8.42 Å². The second-order valence-electron chi connectivity index (χ2n) is 8.23. The lowest BCUT2D eigenvalue weighted by atomic mass is 10.0. The Hall–Kier alpha value is -2.09. The lowest BCUT2D eigenvalue weighted by Gasteiger charge is -2.19. The van der Waals surface area contributed by atoms with Crippen molar-refractivity contribution in [3.05, 3.63) is 65.9 Å². The number of hydrogen-bond donors (Lipinski definition) is 0. The highest BCUT2D eigenvalue weighted by Crippen LogP contribution is 2.25. The maximum atomic E-state index is 12.2. The van der Waals surface area contributed by atoms with Crippen molar-refractivity contribution >= 4 is 21.6 Å². The number of rotatable bonds is 8. The number of imidazole rings is 1. The van der Waals surface area contributed by atoms with Crippen LogP contribution in [0.5, 0.6) is 0 Å². The quantitative estimate of drug-likeness (QED) is 0.360. The Labute approximate surface area is 195 Å². The van der Waals surface area contributed by atoms with Gasteiger partial charge in [-0.25, -0.2) is 13.4 Å². The number of aromatic nitrogens is 2. The topological polar surface area (TPSA) is 55.2 Å². The zero-order valence-electron chi connectivity index (χ0n) is 18.8. The van der Waals surface area contributed by atoms with Crippen LogP contribution in [0.1, 0.15) is 24.5 Å². The van der Waals surface area contributed by atoms with Gasteiger partial charge in [0.1, 0.15) is 0 Å². The highest BCUT2D eigenvalue weighted by atomic mass is 32.2. The molecule has 1 aromatic heterocycles. The summed E-state index contributed by atoms with van der Waals surface area (Å²) in [5.74, 6) is 1.18. The number of hydrogen-bond acceptors (Lipinski definition) is 5. The molecule has 170 valence electrons. The molecule has 0 atom stereocenters. The number of nitrogens with zero attached hydrogens (tertiary/aromatic N) is 3. The molecule has 0 bridgehead atoms. The third-order valence-corrected chi connectivity index (χ3v) is 9.04. The van der Waals surface area contributed by atoms with Gasteiger partial charge in [-0.3, -0.25) is 0 Å². The third kappa shape index (κ3) is 5.27. The molecule has 2 aromatic carbocycles. The van der Waals surface area contributed by atoms with Crippen molar-refractivity contribution in [2.75, 3.05) is 31.1 Å². The van der Waals surface area contributed by atoms with Gasteiger partial charge in [-0.1, -0.05) is 55.1 Å². The molecule has 0 aliphatic carbocycles. The molecule has 0 radical (unpaired) electrons. The van der Waals surface area contributed by atoms with Gasteiger partial charge >= 0.3 is 0 Å². The van der Waals surface area contributed by atoms with E-state index in [2.05, 4.69) is 45.8 Å². The molecule has 0 unspecified atom stereocenters. The van der Waals surface area contributed by atoms with Crippen molar-refractivity contribution in [2.45, 2.75) is 36.2 Å². The van der Waals surface area contributed by atoms with Gasteiger partial charge in [-0.15, -0.1) is 0 Å². The van der Waals surface area contributed by atoms with Crippen LogP contribution >= 0.6 is 11.8 Å². The molecule has 0 N–H and O–H groups in total. The van der Waals surface area contributed by atoms with Crippen molar-refractivity contribution in [3.63, 3.8) is 0 Å². The van der Waals surface area contributed by atoms with Crippen LogP contribution in [-0.2, 0) is 29.7 Å². The minimum Gasteiger partial charge on any atom is -0.322 e. The minimum absolute atomic E-state index is 0.151. The van der Waals surface area contributed by atoms with Crippen molar-refractivity contribution in [2.24, 2.45) is 7.05 Å². The standard InChI is InChI=1S/C25H31N3O2S2/c1-3-32(29,30)23-11-10-20-12-15-28(16-13-22(20)18-23)14-7-17-31-25-26-19-24(27(25)2)21-8-5-4-6-9-21/h4-6,8-11,18-19H,3,7,12-17H2,1-2H3. The fourth-order valence-corrected chi connectivity index (χ4v) is 5.99. The molecule has 32 heavy (non-hydrogen) atoms. The molecule has 4 rings (SSSR count). The molecule has 0 saturated heterocycles. The van der Waals surface area contributed by atoms with Gasteiger partial charge in [0, 0.05) is 25.9 Å². The van der Waals surface area contributed by atoms with Crippen molar-refractivity contribution in [1.82, 2.24) is 14.5 Å². The van der Waals surface area contributed by atoms with E-state index in [0.717, 1.165) is 55.5 Å². The number of sulfone groups is 1. The van der Waals surface area contributed by atoms with Crippen molar-refractivity contribution in [1.29, 1.82) is 0 Å². The fourth-order valence-electron chi connectivity index (χ4n) is 4.19. The molecular formula is C25H31N3O2S2. The van der Waals surface area contributed by atoms with E-state index < -0.39 is 9.84 Å². The van der Waals surface area contributed by atoms with Crippen molar-refractivity contribution in [3.8, 4) is 11.3 Å². The molecule has 0 spiro atoms. The molecule has 2 heterocycles. The highest BCUT2D eigenvalue weighted by molar-refractivity contribution is 7.99. The van der Waals surface area contributed by atoms with Crippen LogP contribution in [-0.4, -0.2) is 54.0 Å². The van der Waals surface area contributed by atoms with Gasteiger partial charge in [-0.05, 0) is 54.6 Å². The van der Waals surface area contributed by atoms with Crippen LogP contribution in [0.25, 0.3) is 11.3 Å². The highest BCUT2D eigenvalue weighted by Gasteiger charge is 2.18. The van der Waals surface area contributed by atoms with E-state index in [1.54, 1.807) is 13.0 Å². The molecule has 0 amide bonds. The first kappa shape index (κ1) is 23.1. The Morgan fingerprint density at radius 2 is 1.78 bits per heavy atom. The van der Waals surface area contributed by atoms with Gasteiger partial charge in [0.15, 0.2) is 15.0 Å². The first-order chi connectivity index (χ1) is 15.5. The van der Waals surface area contributed by atoms with Gasteiger partial charge in [0.05, 0.1) is 22.5 Å². The molecule has 0 saturated carbocycles. The second-order valence-corrected chi connectivity index (χ2v) is 11.6. The van der Waals surface area contributed by atoms with Crippen LogP contribution in [0.15, 0.2) is 64.8 Å². The molecule has 7 heteroatoms. The average molecular weight is 470 g/mol.